The lowest BCUT2D eigenvalue weighted by Crippen LogP contribution is -2.40. The summed E-state index contributed by atoms with van der Waals surface area (Å²) < 4.78 is 5.92. The molecule has 86 valence electrons. The number of fused-ring (bicyclic) bond motifs is 1. The molecule has 3 nitrogen and oxygen atoms in total. The van der Waals surface area contributed by atoms with Gasteiger partial charge in [0.25, 0.3) is 0 Å². The van der Waals surface area contributed by atoms with Crippen molar-refractivity contribution in [2.45, 2.75) is 25.5 Å². The normalized spacial score (nSPS) is 31.2. The van der Waals surface area contributed by atoms with Gasteiger partial charge in [-0.3, -0.25) is 0 Å². The van der Waals surface area contributed by atoms with Gasteiger partial charge in [-0.05, 0) is 24.5 Å². The largest absolute Gasteiger partial charge is 0.485 e. The van der Waals surface area contributed by atoms with E-state index in [1.165, 1.54) is 6.42 Å². The van der Waals surface area contributed by atoms with Crippen LogP contribution < -0.4 is 15.4 Å². The molecule has 1 fully saturated rings. The van der Waals surface area contributed by atoms with E-state index in [0.717, 1.165) is 36.5 Å². The van der Waals surface area contributed by atoms with Crippen molar-refractivity contribution in [2.24, 2.45) is 5.92 Å². The van der Waals surface area contributed by atoms with Crippen LogP contribution in [-0.4, -0.2) is 25.2 Å². The first-order chi connectivity index (χ1) is 7.83. The molecule has 0 saturated heterocycles. The van der Waals surface area contributed by atoms with E-state index in [9.17, 15) is 0 Å². The lowest BCUT2D eigenvalue weighted by atomic mass is 10.2. The minimum absolute atomic E-state index is 0.252. The summed E-state index contributed by atoms with van der Waals surface area (Å²) in [5, 5.41) is 6.94. The third-order valence-corrected chi connectivity index (χ3v) is 3.42. The highest BCUT2D eigenvalue weighted by Crippen LogP contribution is 2.30. The predicted octanol–water partition coefficient (Wildman–Crippen LogP) is 1.86. The Morgan fingerprint density at radius 3 is 3.06 bits per heavy atom. The van der Waals surface area contributed by atoms with E-state index >= 15 is 0 Å². The highest BCUT2D eigenvalue weighted by Gasteiger charge is 2.32. The molecule has 1 heterocycles. The summed E-state index contributed by atoms with van der Waals surface area (Å²) in [6.07, 6.45) is 1.57. The Bertz CT molecular complexity index is 380. The summed E-state index contributed by atoms with van der Waals surface area (Å²) in [5.74, 6) is 1.83. The summed E-state index contributed by atoms with van der Waals surface area (Å²) in [6, 6.07) is 8.84. The zero-order chi connectivity index (χ0) is 11.0. The summed E-state index contributed by atoms with van der Waals surface area (Å²) in [4.78, 5) is 0. The minimum Gasteiger partial charge on any atom is -0.485 e. The first-order valence-corrected chi connectivity index (χ1v) is 6.06. The molecule has 3 heteroatoms. The van der Waals surface area contributed by atoms with Crippen molar-refractivity contribution in [1.29, 1.82) is 0 Å². The zero-order valence-corrected chi connectivity index (χ0v) is 9.57. The number of rotatable bonds is 3. The van der Waals surface area contributed by atoms with Crippen molar-refractivity contribution in [1.82, 2.24) is 5.32 Å². The molecule has 2 N–H and O–H groups in total. The fourth-order valence-corrected chi connectivity index (χ4v) is 2.16. The van der Waals surface area contributed by atoms with Crippen LogP contribution in [0.25, 0.3) is 0 Å². The number of para-hydroxylation sites is 2. The fraction of sp³-hybridized carbons (Fsp3) is 0.538. The number of ether oxygens (including phenoxy) is 1. The highest BCUT2D eigenvalue weighted by atomic mass is 16.5. The van der Waals surface area contributed by atoms with E-state index in [4.69, 9.17) is 4.74 Å². The highest BCUT2D eigenvalue weighted by molar-refractivity contribution is 5.57. The summed E-state index contributed by atoms with van der Waals surface area (Å²) in [6.45, 7) is 4.12. The van der Waals surface area contributed by atoms with E-state index in [-0.39, 0.29) is 6.10 Å². The lowest BCUT2D eigenvalue weighted by molar-refractivity contribution is 0.201. The van der Waals surface area contributed by atoms with Gasteiger partial charge in [0, 0.05) is 12.6 Å². The maximum atomic E-state index is 5.92. The molecule has 3 rings (SSSR count). The smallest absolute Gasteiger partial charge is 0.142 e. The van der Waals surface area contributed by atoms with Gasteiger partial charge in [-0.1, -0.05) is 19.1 Å². The SMILES string of the molecule is CC1CC1NCC1CNc2ccccc2O1. The minimum atomic E-state index is 0.252. The molecule has 0 bridgehead atoms. The van der Waals surface area contributed by atoms with Crippen LogP contribution >= 0.6 is 0 Å². The van der Waals surface area contributed by atoms with Crippen molar-refractivity contribution >= 4 is 5.69 Å². The molecule has 0 spiro atoms. The quantitative estimate of drug-likeness (QED) is 0.812. The molecule has 1 aliphatic carbocycles. The van der Waals surface area contributed by atoms with Crippen LogP contribution in [0.5, 0.6) is 5.75 Å². The van der Waals surface area contributed by atoms with E-state index in [0.29, 0.717) is 0 Å². The van der Waals surface area contributed by atoms with Crippen molar-refractivity contribution in [2.75, 3.05) is 18.4 Å². The summed E-state index contributed by atoms with van der Waals surface area (Å²) in [5.41, 5.74) is 1.11. The molecule has 2 aliphatic rings. The molecule has 1 saturated carbocycles. The van der Waals surface area contributed by atoms with Gasteiger partial charge >= 0.3 is 0 Å². The van der Waals surface area contributed by atoms with E-state index in [1.54, 1.807) is 0 Å². The second-order valence-electron chi connectivity index (χ2n) is 4.84. The lowest BCUT2D eigenvalue weighted by Gasteiger charge is -2.27. The monoisotopic (exact) mass is 218 g/mol. The van der Waals surface area contributed by atoms with Crippen molar-refractivity contribution in [3.63, 3.8) is 0 Å². The molecule has 0 amide bonds. The zero-order valence-electron chi connectivity index (χ0n) is 9.57. The van der Waals surface area contributed by atoms with Crippen LogP contribution in [0.4, 0.5) is 5.69 Å². The molecule has 16 heavy (non-hydrogen) atoms. The second-order valence-corrected chi connectivity index (χ2v) is 4.84. The van der Waals surface area contributed by atoms with Gasteiger partial charge in [-0.25, -0.2) is 0 Å². The number of hydrogen-bond acceptors (Lipinski definition) is 3. The van der Waals surface area contributed by atoms with Crippen LogP contribution in [-0.2, 0) is 0 Å². The molecule has 1 aliphatic heterocycles. The average molecular weight is 218 g/mol. The van der Waals surface area contributed by atoms with Gasteiger partial charge in [0.05, 0.1) is 12.2 Å². The van der Waals surface area contributed by atoms with Crippen molar-refractivity contribution in [3.8, 4) is 5.75 Å². The molecule has 0 radical (unpaired) electrons. The van der Waals surface area contributed by atoms with E-state index < -0.39 is 0 Å². The van der Waals surface area contributed by atoms with Gasteiger partial charge in [0.1, 0.15) is 11.9 Å². The Morgan fingerprint density at radius 2 is 2.25 bits per heavy atom. The maximum absolute atomic E-state index is 5.92. The van der Waals surface area contributed by atoms with Crippen LogP contribution in [0.15, 0.2) is 24.3 Å². The Morgan fingerprint density at radius 1 is 1.44 bits per heavy atom. The van der Waals surface area contributed by atoms with E-state index in [1.807, 2.05) is 18.2 Å². The fourth-order valence-electron chi connectivity index (χ4n) is 2.16. The van der Waals surface area contributed by atoms with Crippen LogP contribution in [0.1, 0.15) is 13.3 Å². The Balaban J connectivity index is 1.56. The Labute approximate surface area is 96.2 Å². The first kappa shape index (κ1) is 9.97. The number of nitrogens with one attached hydrogen (secondary N) is 2. The third kappa shape index (κ3) is 2.00. The molecule has 1 aromatic carbocycles. The molecule has 1 aromatic rings. The average Bonchev–Trinajstić information content (AvgIpc) is 3.03. The second kappa shape index (κ2) is 3.98. The molecule has 0 aromatic heterocycles. The maximum Gasteiger partial charge on any atom is 0.142 e. The van der Waals surface area contributed by atoms with Crippen molar-refractivity contribution < 1.29 is 4.74 Å². The third-order valence-electron chi connectivity index (χ3n) is 3.42. The van der Waals surface area contributed by atoms with Gasteiger partial charge in [-0.2, -0.15) is 0 Å². The van der Waals surface area contributed by atoms with Crippen LogP contribution in [0.2, 0.25) is 0 Å². The summed E-state index contributed by atoms with van der Waals surface area (Å²) in [7, 11) is 0. The standard InChI is InChI=1S/C13H18N2O/c1-9-6-12(9)15-8-10-7-14-11-4-2-3-5-13(11)16-10/h2-5,9-10,12,14-15H,6-8H2,1H3. The van der Waals surface area contributed by atoms with Gasteiger partial charge in [0.2, 0.25) is 0 Å². The first-order valence-electron chi connectivity index (χ1n) is 6.06. The number of benzene rings is 1. The Hall–Kier alpha value is -1.22. The van der Waals surface area contributed by atoms with Crippen LogP contribution in [0, 0.1) is 5.92 Å². The number of hydrogen-bond donors (Lipinski definition) is 2. The van der Waals surface area contributed by atoms with E-state index in [2.05, 4.69) is 23.6 Å². The van der Waals surface area contributed by atoms with Crippen LogP contribution in [0.3, 0.4) is 0 Å². The predicted molar refractivity (Wildman–Crippen MR) is 64.9 cm³/mol. The Kier molecular flexibility index (Phi) is 2.48. The topological polar surface area (TPSA) is 33.3 Å². The molecule has 3 atom stereocenters. The van der Waals surface area contributed by atoms with Gasteiger partial charge in [0.15, 0.2) is 0 Å². The van der Waals surface area contributed by atoms with Gasteiger partial charge < -0.3 is 15.4 Å². The molecular weight excluding hydrogens is 200 g/mol. The summed E-state index contributed by atoms with van der Waals surface area (Å²) >= 11 is 0. The molecule has 3 unspecified atom stereocenters. The van der Waals surface area contributed by atoms with Crippen molar-refractivity contribution in [3.05, 3.63) is 24.3 Å². The number of anilines is 1. The van der Waals surface area contributed by atoms with Gasteiger partial charge in [-0.15, -0.1) is 0 Å². The molecular formula is C13H18N2O.